The van der Waals surface area contributed by atoms with E-state index in [0.29, 0.717) is 17.9 Å². The van der Waals surface area contributed by atoms with Crippen LogP contribution in [0.5, 0.6) is 5.75 Å². The molecule has 94 valence electrons. The van der Waals surface area contributed by atoms with E-state index in [1.165, 1.54) is 0 Å². The molecule has 0 atom stereocenters. The van der Waals surface area contributed by atoms with Crippen LogP contribution in [-0.4, -0.2) is 6.29 Å². The Morgan fingerprint density at radius 1 is 1.11 bits per heavy atom. The molecule has 0 spiro atoms. The summed E-state index contributed by atoms with van der Waals surface area (Å²) in [6, 6.07) is 13.7. The van der Waals surface area contributed by atoms with Crippen molar-refractivity contribution in [3.05, 3.63) is 64.4 Å². The van der Waals surface area contributed by atoms with Gasteiger partial charge >= 0.3 is 0 Å². The van der Waals surface area contributed by atoms with E-state index in [-0.39, 0.29) is 0 Å². The van der Waals surface area contributed by atoms with E-state index < -0.39 is 0 Å². The molecule has 0 aliphatic carbocycles. The second-order valence-corrected chi connectivity index (χ2v) is 5.02. The van der Waals surface area contributed by atoms with Crippen molar-refractivity contribution in [1.82, 2.24) is 0 Å². The highest BCUT2D eigenvalue weighted by molar-refractivity contribution is 7.07. The van der Waals surface area contributed by atoms with Crippen LogP contribution in [0.1, 0.15) is 15.9 Å². The minimum atomic E-state index is 0.489. The molecule has 0 radical (unpaired) electrons. The number of fused-ring (bicyclic) bond motifs is 1. The lowest BCUT2D eigenvalue weighted by atomic mass is 10.0. The maximum atomic E-state index is 11.3. The van der Waals surface area contributed by atoms with Crippen molar-refractivity contribution in [2.24, 2.45) is 0 Å². The first-order chi connectivity index (χ1) is 9.38. The van der Waals surface area contributed by atoms with Crippen molar-refractivity contribution < 1.29 is 9.53 Å². The molecule has 0 fully saturated rings. The number of ether oxygens (including phenoxy) is 1. The molecule has 2 nitrogen and oxygen atoms in total. The first-order valence-electron chi connectivity index (χ1n) is 5.99. The number of carbonyl (C=O) groups excluding carboxylic acids is 1. The summed E-state index contributed by atoms with van der Waals surface area (Å²) in [6.45, 7) is 0.489. The van der Waals surface area contributed by atoms with E-state index in [0.717, 1.165) is 22.6 Å². The van der Waals surface area contributed by atoms with Crippen LogP contribution in [0.15, 0.2) is 53.2 Å². The summed E-state index contributed by atoms with van der Waals surface area (Å²) in [5.41, 5.74) is 1.74. The number of carbonyl (C=O) groups is 1. The molecule has 0 aliphatic rings. The molecule has 0 saturated heterocycles. The van der Waals surface area contributed by atoms with Crippen molar-refractivity contribution in [3.8, 4) is 5.75 Å². The fourth-order valence-electron chi connectivity index (χ4n) is 2.06. The van der Waals surface area contributed by atoms with Gasteiger partial charge < -0.3 is 4.74 Å². The average molecular weight is 268 g/mol. The van der Waals surface area contributed by atoms with Crippen molar-refractivity contribution in [2.75, 3.05) is 0 Å². The van der Waals surface area contributed by atoms with Gasteiger partial charge in [0, 0.05) is 0 Å². The van der Waals surface area contributed by atoms with Gasteiger partial charge in [-0.25, -0.2) is 0 Å². The van der Waals surface area contributed by atoms with E-state index in [9.17, 15) is 4.79 Å². The Morgan fingerprint density at radius 3 is 2.79 bits per heavy atom. The third-order valence-electron chi connectivity index (χ3n) is 3.02. The van der Waals surface area contributed by atoms with Gasteiger partial charge in [0.2, 0.25) is 0 Å². The van der Waals surface area contributed by atoms with E-state index in [4.69, 9.17) is 4.74 Å². The molecule has 0 N–H and O–H groups in total. The molecule has 3 heteroatoms. The third-order valence-corrected chi connectivity index (χ3v) is 3.76. The van der Waals surface area contributed by atoms with Gasteiger partial charge in [-0.1, -0.05) is 30.3 Å². The van der Waals surface area contributed by atoms with Crippen molar-refractivity contribution in [3.63, 3.8) is 0 Å². The number of thiophene rings is 1. The monoisotopic (exact) mass is 268 g/mol. The average Bonchev–Trinajstić information content (AvgIpc) is 2.97. The number of benzene rings is 2. The Hall–Kier alpha value is -2.13. The van der Waals surface area contributed by atoms with Gasteiger partial charge in [-0.15, -0.1) is 0 Å². The lowest BCUT2D eigenvalue weighted by Gasteiger charge is -2.10. The maximum absolute atomic E-state index is 11.3. The molecule has 3 aromatic rings. The van der Waals surface area contributed by atoms with Crippen LogP contribution in [0.3, 0.4) is 0 Å². The Bertz CT molecular complexity index is 702. The van der Waals surface area contributed by atoms with E-state index >= 15 is 0 Å². The van der Waals surface area contributed by atoms with Gasteiger partial charge in [0.1, 0.15) is 12.4 Å². The van der Waals surface area contributed by atoms with Gasteiger partial charge in [-0.2, -0.15) is 11.3 Å². The zero-order valence-electron chi connectivity index (χ0n) is 10.2. The Labute approximate surface area is 115 Å². The standard InChI is InChI=1S/C16H12O2S/c17-9-15-14-4-2-1-3-13(14)5-6-16(15)18-10-12-7-8-19-11-12/h1-9,11H,10H2. The summed E-state index contributed by atoms with van der Waals surface area (Å²) in [7, 11) is 0. The van der Waals surface area contributed by atoms with Crippen LogP contribution in [0, 0.1) is 0 Å². The van der Waals surface area contributed by atoms with Gasteiger partial charge in [0.05, 0.1) is 5.56 Å². The molecule has 0 bridgehead atoms. The molecular weight excluding hydrogens is 256 g/mol. The van der Waals surface area contributed by atoms with Crippen LogP contribution in [0.2, 0.25) is 0 Å². The SMILES string of the molecule is O=Cc1c(OCc2ccsc2)ccc2ccccc12. The van der Waals surface area contributed by atoms with Crippen molar-refractivity contribution >= 4 is 28.4 Å². The van der Waals surface area contributed by atoms with Gasteiger partial charge in [0.15, 0.2) is 6.29 Å². The molecule has 0 saturated carbocycles. The van der Waals surface area contributed by atoms with Crippen LogP contribution < -0.4 is 4.74 Å². The summed E-state index contributed by atoms with van der Waals surface area (Å²) in [4.78, 5) is 11.3. The van der Waals surface area contributed by atoms with E-state index in [2.05, 4.69) is 0 Å². The first kappa shape index (κ1) is 11.9. The summed E-state index contributed by atoms with van der Waals surface area (Å²) in [5, 5.41) is 6.04. The molecule has 3 rings (SSSR count). The highest BCUT2D eigenvalue weighted by atomic mass is 32.1. The summed E-state index contributed by atoms with van der Waals surface area (Å²) in [6.07, 6.45) is 0.866. The number of rotatable bonds is 4. The predicted molar refractivity (Wildman–Crippen MR) is 78.0 cm³/mol. The predicted octanol–water partition coefficient (Wildman–Crippen LogP) is 4.29. The quantitative estimate of drug-likeness (QED) is 0.660. The van der Waals surface area contributed by atoms with Crippen LogP contribution in [0.25, 0.3) is 10.8 Å². The second kappa shape index (κ2) is 5.24. The zero-order chi connectivity index (χ0) is 13.1. The first-order valence-corrected chi connectivity index (χ1v) is 6.93. The minimum Gasteiger partial charge on any atom is -0.488 e. The van der Waals surface area contributed by atoms with E-state index in [1.54, 1.807) is 11.3 Å². The van der Waals surface area contributed by atoms with Crippen LogP contribution >= 0.6 is 11.3 Å². The Balaban J connectivity index is 1.96. The lowest BCUT2D eigenvalue weighted by molar-refractivity contribution is 0.112. The molecule has 0 unspecified atom stereocenters. The van der Waals surface area contributed by atoms with Crippen molar-refractivity contribution in [1.29, 1.82) is 0 Å². The molecule has 19 heavy (non-hydrogen) atoms. The number of hydrogen-bond donors (Lipinski definition) is 0. The zero-order valence-corrected chi connectivity index (χ0v) is 11.0. The molecule has 0 aliphatic heterocycles. The summed E-state index contributed by atoms with van der Waals surface area (Å²) < 4.78 is 5.76. The van der Waals surface area contributed by atoms with Gasteiger partial charge in [-0.3, -0.25) is 4.79 Å². The maximum Gasteiger partial charge on any atom is 0.154 e. The van der Waals surface area contributed by atoms with Gasteiger partial charge in [0.25, 0.3) is 0 Å². The minimum absolute atomic E-state index is 0.489. The highest BCUT2D eigenvalue weighted by Crippen LogP contribution is 2.27. The van der Waals surface area contributed by atoms with Gasteiger partial charge in [-0.05, 0) is 39.2 Å². The van der Waals surface area contributed by atoms with E-state index in [1.807, 2.05) is 53.2 Å². The molecule has 0 amide bonds. The fraction of sp³-hybridized carbons (Fsp3) is 0.0625. The Kier molecular flexibility index (Phi) is 3.29. The Morgan fingerprint density at radius 2 is 2.00 bits per heavy atom. The topological polar surface area (TPSA) is 26.3 Å². The largest absolute Gasteiger partial charge is 0.488 e. The second-order valence-electron chi connectivity index (χ2n) is 4.24. The fourth-order valence-corrected chi connectivity index (χ4v) is 2.71. The number of hydrogen-bond acceptors (Lipinski definition) is 3. The normalized spacial score (nSPS) is 10.5. The smallest absolute Gasteiger partial charge is 0.154 e. The highest BCUT2D eigenvalue weighted by Gasteiger charge is 2.08. The molecular formula is C16H12O2S. The number of aldehydes is 1. The summed E-state index contributed by atoms with van der Waals surface area (Å²) >= 11 is 1.64. The van der Waals surface area contributed by atoms with Crippen LogP contribution in [-0.2, 0) is 6.61 Å². The van der Waals surface area contributed by atoms with Crippen LogP contribution in [0.4, 0.5) is 0 Å². The van der Waals surface area contributed by atoms with Crippen molar-refractivity contribution in [2.45, 2.75) is 6.61 Å². The summed E-state index contributed by atoms with van der Waals surface area (Å²) in [5.74, 6) is 0.639. The molecule has 2 aromatic carbocycles. The lowest BCUT2D eigenvalue weighted by Crippen LogP contribution is -1.97. The third kappa shape index (κ3) is 2.37. The molecule has 1 aromatic heterocycles. The molecule has 1 heterocycles.